The van der Waals surface area contributed by atoms with Crippen LogP contribution in [0.15, 0.2) is 0 Å². The van der Waals surface area contributed by atoms with E-state index in [-0.39, 0.29) is 12.1 Å². The van der Waals surface area contributed by atoms with Gasteiger partial charge in [-0.3, -0.25) is 4.79 Å². The van der Waals surface area contributed by atoms with Crippen molar-refractivity contribution >= 4 is 5.91 Å². The van der Waals surface area contributed by atoms with E-state index in [0.717, 1.165) is 25.7 Å². The summed E-state index contributed by atoms with van der Waals surface area (Å²) < 4.78 is 35.8. The van der Waals surface area contributed by atoms with E-state index in [1.54, 1.807) is 0 Å². The number of carbonyl (C=O) groups is 1. The lowest BCUT2D eigenvalue weighted by molar-refractivity contribution is -0.154. The first-order chi connectivity index (χ1) is 7.38. The first-order valence-corrected chi connectivity index (χ1v) is 5.50. The lowest BCUT2D eigenvalue weighted by Gasteiger charge is -2.22. The molecule has 94 valence electrons. The van der Waals surface area contributed by atoms with E-state index in [4.69, 9.17) is 5.73 Å². The number of alkyl halides is 3. The molecule has 2 atom stereocenters. The van der Waals surface area contributed by atoms with Gasteiger partial charge < -0.3 is 11.1 Å². The molecule has 1 aliphatic carbocycles. The zero-order valence-electron chi connectivity index (χ0n) is 9.02. The molecule has 3 nitrogen and oxygen atoms in total. The number of carbonyl (C=O) groups excluding carboxylic acids is 1. The van der Waals surface area contributed by atoms with Gasteiger partial charge in [0.1, 0.15) is 6.42 Å². The molecular formula is C10H17F3N2O. The SMILES string of the molecule is NC1CCCCCC1NC(=O)CC(F)(F)F. The second-order valence-corrected chi connectivity index (χ2v) is 4.27. The Morgan fingerprint density at radius 2 is 1.88 bits per heavy atom. The molecule has 0 heterocycles. The van der Waals surface area contributed by atoms with Crippen LogP contribution in [0.5, 0.6) is 0 Å². The minimum atomic E-state index is -4.45. The van der Waals surface area contributed by atoms with E-state index in [0.29, 0.717) is 6.42 Å². The quantitative estimate of drug-likeness (QED) is 0.720. The van der Waals surface area contributed by atoms with Crippen molar-refractivity contribution in [2.24, 2.45) is 5.73 Å². The molecule has 0 saturated heterocycles. The lowest BCUT2D eigenvalue weighted by Crippen LogP contribution is -2.47. The zero-order chi connectivity index (χ0) is 12.2. The molecule has 6 heteroatoms. The van der Waals surface area contributed by atoms with Crippen LogP contribution in [-0.2, 0) is 4.79 Å². The van der Waals surface area contributed by atoms with E-state index in [1.165, 1.54) is 0 Å². The van der Waals surface area contributed by atoms with Crippen LogP contribution in [0.3, 0.4) is 0 Å². The fourth-order valence-electron chi connectivity index (χ4n) is 1.96. The molecule has 2 unspecified atom stereocenters. The summed E-state index contributed by atoms with van der Waals surface area (Å²) in [4.78, 5) is 11.1. The Hall–Kier alpha value is -0.780. The summed E-state index contributed by atoms with van der Waals surface area (Å²) in [5, 5.41) is 2.38. The molecule has 1 aliphatic rings. The van der Waals surface area contributed by atoms with Crippen molar-refractivity contribution in [3.63, 3.8) is 0 Å². The van der Waals surface area contributed by atoms with E-state index in [2.05, 4.69) is 5.32 Å². The van der Waals surface area contributed by atoms with E-state index in [9.17, 15) is 18.0 Å². The molecule has 1 fully saturated rings. The highest BCUT2D eigenvalue weighted by molar-refractivity contribution is 5.77. The number of amides is 1. The number of nitrogens with one attached hydrogen (secondary N) is 1. The molecule has 1 amide bonds. The second-order valence-electron chi connectivity index (χ2n) is 4.27. The first kappa shape index (κ1) is 13.3. The van der Waals surface area contributed by atoms with Crippen LogP contribution in [0.25, 0.3) is 0 Å². The summed E-state index contributed by atoms with van der Waals surface area (Å²) in [5.74, 6) is -0.977. The molecule has 3 N–H and O–H groups in total. The maximum absolute atomic E-state index is 11.9. The summed E-state index contributed by atoms with van der Waals surface area (Å²) in [6.45, 7) is 0. The molecular weight excluding hydrogens is 221 g/mol. The number of halogens is 3. The van der Waals surface area contributed by atoms with Gasteiger partial charge in [-0.15, -0.1) is 0 Å². The normalized spacial score (nSPS) is 27.2. The number of rotatable bonds is 2. The monoisotopic (exact) mass is 238 g/mol. The largest absolute Gasteiger partial charge is 0.397 e. The van der Waals surface area contributed by atoms with Gasteiger partial charge >= 0.3 is 6.18 Å². The van der Waals surface area contributed by atoms with Gasteiger partial charge in [0.2, 0.25) is 5.91 Å². The third-order valence-corrected chi connectivity index (χ3v) is 2.78. The average Bonchev–Trinajstić information content (AvgIpc) is 2.29. The van der Waals surface area contributed by atoms with Crippen molar-refractivity contribution < 1.29 is 18.0 Å². The summed E-state index contributed by atoms with van der Waals surface area (Å²) in [6, 6.07) is -0.531. The van der Waals surface area contributed by atoms with Crippen molar-refractivity contribution in [3.8, 4) is 0 Å². The minimum Gasteiger partial charge on any atom is -0.352 e. The topological polar surface area (TPSA) is 55.1 Å². The van der Waals surface area contributed by atoms with Crippen molar-refractivity contribution in [1.82, 2.24) is 5.32 Å². The fraction of sp³-hybridized carbons (Fsp3) is 0.900. The van der Waals surface area contributed by atoms with Gasteiger partial charge in [-0.1, -0.05) is 19.3 Å². The number of hydrogen-bond acceptors (Lipinski definition) is 2. The van der Waals surface area contributed by atoms with Crippen molar-refractivity contribution in [3.05, 3.63) is 0 Å². The molecule has 0 spiro atoms. The predicted octanol–water partition coefficient (Wildman–Crippen LogP) is 1.71. The van der Waals surface area contributed by atoms with E-state index >= 15 is 0 Å². The Bertz CT molecular complexity index is 243. The van der Waals surface area contributed by atoms with Crippen LogP contribution in [0, 0.1) is 0 Å². The molecule has 0 bridgehead atoms. The van der Waals surface area contributed by atoms with Crippen LogP contribution in [0.2, 0.25) is 0 Å². The Balaban J connectivity index is 2.42. The van der Waals surface area contributed by atoms with Gasteiger partial charge in [0.05, 0.1) is 0 Å². The highest BCUT2D eigenvalue weighted by Crippen LogP contribution is 2.21. The number of nitrogens with two attached hydrogens (primary N) is 1. The molecule has 1 saturated carbocycles. The van der Waals surface area contributed by atoms with Gasteiger partial charge in [-0.2, -0.15) is 13.2 Å². The average molecular weight is 238 g/mol. The lowest BCUT2D eigenvalue weighted by atomic mass is 10.0. The van der Waals surface area contributed by atoms with Crippen molar-refractivity contribution in [2.45, 2.75) is 56.8 Å². The maximum Gasteiger partial charge on any atom is 0.397 e. The van der Waals surface area contributed by atoms with Crippen LogP contribution in [0.4, 0.5) is 13.2 Å². The first-order valence-electron chi connectivity index (χ1n) is 5.50. The smallest absolute Gasteiger partial charge is 0.352 e. The third kappa shape index (κ3) is 4.83. The minimum absolute atomic E-state index is 0.223. The predicted molar refractivity (Wildman–Crippen MR) is 53.7 cm³/mol. The van der Waals surface area contributed by atoms with Gasteiger partial charge in [-0.05, 0) is 12.8 Å². The van der Waals surface area contributed by atoms with Gasteiger partial charge in [0.25, 0.3) is 0 Å². The van der Waals surface area contributed by atoms with Gasteiger partial charge in [0, 0.05) is 12.1 Å². The highest BCUT2D eigenvalue weighted by Gasteiger charge is 2.32. The Morgan fingerprint density at radius 3 is 2.50 bits per heavy atom. The maximum atomic E-state index is 11.9. The summed E-state index contributed by atoms with van der Waals surface area (Å²) in [6.07, 6.45) is -1.52. The van der Waals surface area contributed by atoms with Crippen molar-refractivity contribution in [1.29, 1.82) is 0 Å². The van der Waals surface area contributed by atoms with Crippen molar-refractivity contribution in [2.75, 3.05) is 0 Å². The molecule has 1 rings (SSSR count). The molecule has 0 aromatic carbocycles. The van der Waals surface area contributed by atoms with Crippen LogP contribution < -0.4 is 11.1 Å². The highest BCUT2D eigenvalue weighted by atomic mass is 19.4. The molecule has 16 heavy (non-hydrogen) atoms. The number of hydrogen-bond donors (Lipinski definition) is 2. The molecule has 0 radical (unpaired) electrons. The van der Waals surface area contributed by atoms with Crippen LogP contribution in [0.1, 0.15) is 38.5 Å². The third-order valence-electron chi connectivity index (χ3n) is 2.78. The molecule has 0 aromatic heterocycles. The van der Waals surface area contributed by atoms with Crippen LogP contribution in [-0.4, -0.2) is 24.2 Å². The summed E-state index contributed by atoms with van der Waals surface area (Å²) in [5.41, 5.74) is 5.80. The van der Waals surface area contributed by atoms with Crippen LogP contribution >= 0.6 is 0 Å². The zero-order valence-corrected chi connectivity index (χ0v) is 9.02. The second kappa shape index (κ2) is 5.52. The Morgan fingerprint density at radius 1 is 1.25 bits per heavy atom. The Kier molecular flexibility index (Phi) is 4.58. The van der Waals surface area contributed by atoms with E-state index in [1.807, 2.05) is 0 Å². The van der Waals surface area contributed by atoms with Gasteiger partial charge in [-0.25, -0.2) is 0 Å². The Labute approximate surface area is 92.6 Å². The summed E-state index contributed by atoms with van der Waals surface area (Å²) >= 11 is 0. The standard InChI is InChI=1S/C10H17F3N2O/c11-10(12,13)6-9(16)15-8-5-3-1-2-4-7(8)14/h7-8H,1-6,14H2,(H,15,16). The fourth-order valence-corrected chi connectivity index (χ4v) is 1.96. The molecule has 0 aliphatic heterocycles. The molecule has 0 aromatic rings. The van der Waals surface area contributed by atoms with E-state index < -0.39 is 18.5 Å². The van der Waals surface area contributed by atoms with Gasteiger partial charge in [0.15, 0.2) is 0 Å². The summed E-state index contributed by atoms with van der Waals surface area (Å²) in [7, 11) is 0.